The molecule has 1 N–H and O–H groups in total. The summed E-state index contributed by atoms with van der Waals surface area (Å²) in [6.07, 6.45) is 7.54. The molecule has 1 fully saturated rings. The average molecular weight is 339 g/mol. The van der Waals surface area contributed by atoms with Crippen molar-refractivity contribution in [1.29, 1.82) is 0 Å². The van der Waals surface area contributed by atoms with Crippen LogP contribution in [0.2, 0.25) is 39.3 Å². The zero-order valence-corrected chi connectivity index (χ0v) is 17.6. The molecular weight excluding hydrogens is 300 g/mol. The summed E-state index contributed by atoms with van der Waals surface area (Å²) in [6, 6.07) is 0. The molecular formula is C19H36OSi2. The van der Waals surface area contributed by atoms with E-state index in [4.69, 9.17) is 2.74 Å². The Morgan fingerprint density at radius 1 is 1.18 bits per heavy atom. The first-order valence-electron chi connectivity index (χ1n) is 9.58. The molecule has 0 aromatic carbocycles. The SMILES string of the molecule is [2H]/C(=C1/C/C(=C(/[2H])[Si](C)(C)C)C(/C=C/CCC(C)O)C1)[Si](C)(C)C. The van der Waals surface area contributed by atoms with E-state index in [9.17, 15) is 5.11 Å². The van der Waals surface area contributed by atoms with Crippen molar-refractivity contribution in [1.82, 2.24) is 0 Å². The molecule has 1 aliphatic carbocycles. The second-order valence-electron chi connectivity index (χ2n) is 8.72. The molecule has 1 saturated carbocycles. The van der Waals surface area contributed by atoms with Gasteiger partial charge in [0.05, 0.1) is 25.0 Å². The summed E-state index contributed by atoms with van der Waals surface area (Å²) in [5.74, 6) is 0.282. The number of aliphatic hydroxyl groups excluding tert-OH is 1. The number of hydrogen-bond acceptors (Lipinski definition) is 1. The Hall–Kier alpha value is -0.386. The lowest BCUT2D eigenvalue weighted by Crippen LogP contribution is -2.17. The quantitative estimate of drug-likeness (QED) is 0.485. The molecule has 126 valence electrons. The van der Waals surface area contributed by atoms with E-state index in [1.54, 1.807) is 0 Å². The van der Waals surface area contributed by atoms with Crippen LogP contribution in [0.4, 0.5) is 0 Å². The molecule has 0 amide bonds. The van der Waals surface area contributed by atoms with Crippen LogP contribution >= 0.6 is 0 Å². The second-order valence-corrected chi connectivity index (χ2v) is 18.2. The molecule has 1 aliphatic rings. The molecule has 0 aliphatic heterocycles. The minimum absolute atomic E-state index is 0.260. The molecule has 2 atom stereocenters. The molecule has 2 unspecified atom stereocenters. The molecule has 22 heavy (non-hydrogen) atoms. The van der Waals surface area contributed by atoms with E-state index >= 15 is 0 Å². The molecule has 1 rings (SSSR count). The lowest BCUT2D eigenvalue weighted by atomic mass is 10.0. The van der Waals surface area contributed by atoms with Gasteiger partial charge < -0.3 is 5.11 Å². The minimum atomic E-state index is -1.64. The van der Waals surface area contributed by atoms with E-state index in [1.807, 2.05) is 6.92 Å². The van der Waals surface area contributed by atoms with Crippen molar-refractivity contribution in [2.75, 3.05) is 0 Å². The Morgan fingerprint density at radius 2 is 1.77 bits per heavy atom. The number of rotatable bonds is 6. The second kappa shape index (κ2) is 7.93. The Morgan fingerprint density at radius 3 is 2.27 bits per heavy atom. The van der Waals surface area contributed by atoms with Crippen LogP contribution < -0.4 is 0 Å². The van der Waals surface area contributed by atoms with Gasteiger partial charge in [-0.15, -0.1) is 0 Å². The van der Waals surface area contributed by atoms with Gasteiger partial charge in [0, 0.05) is 5.92 Å². The van der Waals surface area contributed by atoms with Crippen molar-refractivity contribution < 1.29 is 7.85 Å². The van der Waals surface area contributed by atoms with E-state index in [0.717, 1.165) is 37.0 Å². The van der Waals surface area contributed by atoms with Gasteiger partial charge in [0.15, 0.2) is 0 Å². The predicted octanol–water partition coefficient (Wildman–Crippen LogP) is 5.72. The first-order valence-corrected chi connectivity index (χ1v) is 15.6. The van der Waals surface area contributed by atoms with Crippen LogP contribution in [0.1, 0.15) is 35.3 Å². The van der Waals surface area contributed by atoms with Crippen LogP contribution in [0.5, 0.6) is 0 Å². The summed E-state index contributed by atoms with van der Waals surface area (Å²) in [5.41, 5.74) is 4.26. The normalized spacial score (nSPS) is 27.7. The van der Waals surface area contributed by atoms with Gasteiger partial charge in [0.1, 0.15) is 0 Å². The fourth-order valence-electron chi connectivity index (χ4n) is 2.85. The monoisotopic (exact) mass is 338 g/mol. The lowest BCUT2D eigenvalue weighted by Gasteiger charge is -2.14. The van der Waals surface area contributed by atoms with Crippen LogP contribution in [0, 0.1) is 5.92 Å². The number of allylic oxidation sites excluding steroid dienone is 4. The van der Waals surface area contributed by atoms with Gasteiger partial charge in [-0.3, -0.25) is 0 Å². The third-order valence-corrected chi connectivity index (χ3v) is 5.70. The first kappa shape index (κ1) is 16.5. The Labute approximate surface area is 143 Å². The Kier molecular flexibility index (Phi) is 5.94. The molecule has 0 saturated heterocycles. The molecule has 0 aromatic heterocycles. The minimum Gasteiger partial charge on any atom is -0.393 e. The van der Waals surface area contributed by atoms with Gasteiger partial charge in [0.2, 0.25) is 0 Å². The van der Waals surface area contributed by atoms with E-state index in [1.165, 1.54) is 11.1 Å². The average Bonchev–Trinajstić information content (AvgIpc) is 2.83. The predicted molar refractivity (Wildman–Crippen MR) is 106 cm³/mol. The lowest BCUT2D eigenvalue weighted by molar-refractivity contribution is 0.186. The maximum atomic E-state index is 9.40. The highest BCUT2D eigenvalue weighted by Gasteiger charge is 2.26. The summed E-state index contributed by atoms with van der Waals surface area (Å²) in [6.45, 7) is 15.2. The third kappa shape index (κ3) is 8.30. The van der Waals surface area contributed by atoms with E-state index in [0.29, 0.717) is 0 Å². The largest absolute Gasteiger partial charge is 0.393 e. The van der Waals surface area contributed by atoms with E-state index in [-0.39, 0.29) is 12.0 Å². The van der Waals surface area contributed by atoms with Crippen LogP contribution in [-0.2, 0) is 0 Å². The molecule has 0 spiro atoms. The van der Waals surface area contributed by atoms with Crippen LogP contribution in [0.25, 0.3) is 0 Å². The maximum Gasteiger partial charge on any atom is 0.0686 e. The standard InChI is InChI=1S/C19H36OSi2/c1-16(20)10-8-9-11-18-12-17(14-21(2,3)4)13-19(18)15-22(5,6)7/h9,11,14-16,18,20H,8,10,12-13H2,1-7H3/b11-9+,17-14-,19-15+/i14D,15D. The maximum absolute atomic E-state index is 9.40. The Bertz CT molecular complexity index is 535. The van der Waals surface area contributed by atoms with Crippen molar-refractivity contribution in [2.45, 2.75) is 78.0 Å². The van der Waals surface area contributed by atoms with Crippen molar-refractivity contribution in [3.8, 4) is 0 Å². The molecule has 0 heterocycles. The molecule has 0 bridgehead atoms. The highest BCUT2D eigenvalue weighted by atomic mass is 28.3. The van der Waals surface area contributed by atoms with Gasteiger partial charge in [0.25, 0.3) is 0 Å². The van der Waals surface area contributed by atoms with Crippen molar-refractivity contribution in [3.63, 3.8) is 0 Å². The number of hydrogen-bond donors (Lipinski definition) is 1. The summed E-state index contributed by atoms with van der Waals surface area (Å²) in [5, 5.41) is 9.40. The van der Waals surface area contributed by atoms with Crippen LogP contribution in [-0.4, -0.2) is 27.4 Å². The van der Waals surface area contributed by atoms with Crippen molar-refractivity contribution in [3.05, 3.63) is 34.6 Å². The van der Waals surface area contributed by atoms with Crippen molar-refractivity contribution in [2.24, 2.45) is 5.92 Å². The summed E-state index contributed by atoms with van der Waals surface area (Å²) < 4.78 is 17.3. The third-order valence-electron chi connectivity index (χ3n) is 3.52. The topological polar surface area (TPSA) is 20.2 Å². The highest BCUT2D eigenvalue weighted by Crippen LogP contribution is 2.38. The first-order chi connectivity index (χ1) is 10.8. The zero-order valence-electron chi connectivity index (χ0n) is 17.6. The molecule has 1 nitrogen and oxygen atoms in total. The molecule has 3 heteroatoms. The van der Waals surface area contributed by atoms with Crippen molar-refractivity contribution >= 4 is 16.1 Å². The van der Waals surface area contributed by atoms with E-state index < -0.39 is 16.1 Å². The zero-order chi connectivity index (χ0) is 18.7. The summed E-state index contributed by atoms with van der Waals surface area (Å²) in [7, 11) is -3.25. The Balaban J connectivity index is 3.13. The van der Waals surface area contributed by atoms with Crippen LogP contribution in [0.3, 0.4) is 0 Å². The molecule has 0 radical (unpaired) electrons. The summed E-state index contributed by atoms with van der Waals surface area (Å²) in [4.78, 5) is 0. The molecule has 0 aromatic rings. The van der Waals surface area contributed by atoms with Gasteiger partial charge in [-0.25, -0.2) is 0 Å². The highest BCUT2D eigenvalue weighted by molar-refractivity contribution is 6.81. The van der Waals surface area contributed by atoms with Gasteiger partial charge in [-0.2, -0.15) is 0 Å². The summed E-state index contributed by atoms with van der Waals surface area (Å²) >= 11 is 0. The van der Waals surface area contributed by atoms with E-state index in [2.05, 4.69) is 51.4 Å². The smallest absolute Gasteiger partial charge is 0.0686 e. The fourth-order valence-corrected chi connectivity index (χ4v) is 5.34. The van der Waals surface area contributed by atoms with Gasteiger partial charge in [-0.1, -0.05) is 73.9 Å². The fraction of sp³-hybridized carbons (Fsp3) is 0.684. The van der Waals surface area contributed by atoms with Gasteiger partial charge >= 0.3 is 0 Å². The number of aliphatic hydroxyl groups is 1. The van der Waals surface area contributed by atoms with Gasteiger partial charge in [-0.05, 0) is 32.6 Å². The van der Waals surface area contributed by atoms with Crippen LogP contribution in [0.15, 0.2) is 34.6 Å².